The van der Waals surface area contributed by atoms with Gasteiger partial charge in [-0.05, 0) is 30.5 Å². The van der Waals surface area contributed by atoms with Gasteiger partial charge in [0.15, 0.2) is 0 Å². The zero-order valence-electron chi connectivity index (χ0n) is 11.4. The molecular weight excluding hydrogens is 234 g/mol. The molecule has 19 heavy (non-hydrogen) atoms. The van der Waals surface area contributed by atoms with Crippen LogP contribution in [0, 0.1) is 6.92 Å². The smallest absolute Gasteiger partial charge is 0.142 e. The molecule has 0 aliphatic rings. The Hall–Kier alpha value is -2.09. The zero-order valence-corrected chi connectivity index (χ0v) is 11.4. The molecule has 0 saturated carbocycles. The van der Waals surface area contributed by atoms with Crippen LogP contribution in [0.4, 0.5) is 0 Å². The molecule has 97 valence electrons. The Bertz CT molecular complexity index is 561. The Balaban J connectivity index is 1.89. The van der Waals surface area contributed by atoms with Gasteiger partial charge in [-0.15, -0.1) is 0 Å². The van der Waals surface area contributed by atoms with E-state index >= 15 is 0 Å². The molecule has 0 unspecified atom stereocenters. The number of hydrogen-bond donors (Lipinski definition) is 0. The number of rotatable bonds is 5. The first-order chi connectivity index (χ1) is 9.28. The first kappa shape index (κ1) is 13.3. The lowest BCUT2D eigenvalue weighted by Gasteiger charge is -2.01. The molecule has 0 fully saturated rings. The molecule has 0 saturated heterocycles. The van der Waals surface area contributed by atoms with Gasteiger partial charge in [0.05, 0.1) is 0 Å². The summed E-state index contributed by atoms with van der Waals surface area (Å²) in [4.78, 5) is 5.27. The van der Waals surface area contributed by atoms with Crippen LogP contribution in [0.1, 0.15) is 29.2 Å². The minimum absolute atomic E-state index is 0.474. The first-order valence-electron chi connectivity index (χ1n) is 6.50. The average Bonchev–Trinajstić information content (AvgIpc) is 2.44. The first-order valence-corrected chi connectivity index (χ1v) is 6.50. The van der Waals surface area contributed by atoms with Crippen molar-refractivity contribution in [3.63, 3.8) is 0 Å². The zero-order chi connectivity index (χ0) is 13.5. The van der Waals surface area contributed by atoms with Gasteiger partial charge in [0, 0.05) is 5.56 Å². The van der Waals surface area contributed by atoms with E-state index in [1.54, 1.807) is 0 Å². The van der Waals surface area contributed by atoms with Crippen LogP contribution in [0.2, 0.25) is 0 Å². The van der Waals surface area contributed by atoms with Crippen molar-refractivity contribution < 1.29 is 4.84 Å². The molecule has 2 nitrogen and oxygen atoms in total. The Morgan fingerprint density at radius 1 is 1.05 bits per heavy atom. The average molecular weight is 252 g/mol. The highest BCUT2D eigenvalue weighted by atomic mass is 16.6. The normalized spacial score (nSPS) is 10.8. The van der Waals surface area contributed by atoms with Gasteiger partial charge >= 0.3 is 0 Å². The second-order valence-corrected chi connectivity index (χ2v) is 4.52. The van der Waals surface area contributed by atoms with Gasteiger partial charge in [0.25, 0.3) is 0 Å². The molecule has 0 amide bonds. The second-order valence-electron chi connectivity index (χ2n) is 4.52. The molecule has 0 aliphatic carbocycles. The molecule has 2 heteroatoms. The van der Waals surface area contributed by atoms with Crippen molar-refractivity contribution in [2.75, 3.05) is 0 Å². The molecule has 0 heterocycles. The third-order valence-electron chi connectivity index (χ3n) is 2.89. The van der Waals surface area contributed by atoms with E-state index in [0.717, 1.165) is 17.5 Å². The fourth-order valence-electron chi connectivity index (χ4n) is 1.85. The van der Waals surface area contributed by atoms with E-state index in [2.05, 4.69) is 49.5 Å². The third-order valence-corrected chi connectivity index (χ3v) is 2.89. The van der Waals surface area contributed by atoms with Crippen molar-refractivity contribution in [3.8, 4) is 0 Å². The van der Waals surface area contributed by atoms with E-state index in [1.165, 1.54) is 11.1 Å². The van der Waals surface area contributed by atoms with E-state index in [0.29, 0.717) is 6.61 Å². The summed E-state index contributed by atoms with van der Waals surface area (Å²) in [5.74, 6) is 0. The van der Waals surface area contributed by atoms with Gasteiger partial charge < -0.3 is 4.84 Å². The van der Waals surface area contributed by atoms with Crippen molar-refractivity contribution in [1.82, 2.24) is 0 Å². The van der Waals surface area contributed by atoms with Crippen LogP contribution in [-0.4, -0.2) is 6.21 Å². The highest BCUT2D eigenvalue weighted by Crippen LogP contribution is 2.06. The molecule has 2 aromatic carbocycles. The lowest BCUT2D eigenvalue weighted by molar-refractivity contribution is 0.132. The number of nitrogens with zero attached hydrogens (tertiary/aromatic N) is 1. The van der Waals surface area contributed by atoms with Crippen LogP contribution in [-0.2, 0) is 17.9 Å². The summed E-state index contributed by atoms with van der Waals surface area (Å²) in [6.07, 6.45) is 3.92. The Morgan fingerprint density at radius 3 is 2.63 bits per heavy atom. The molecule has 0 spiro atoms. The van der Waals surface area contributed by atoms with Gasteiger partial charge in [-0.25, -0.2) is 0 Å². The second kappa shape index (κ2) is 6.74. The van der Waals surface area contributed by atoms with Crippen LogP contribution in [0.25, 0.3) is 0 Å². The topological polar surface area (TPSA) is 21.6 Å². The highest BCUT2D eigenvalue weighted by molar-refractivity contribution is 5.79. The van der Waals surface area contributed by atoms with E-state index < -0.39 is 0 Å². The molecule has 0 aromatic heterocycles. The molecular formula is C17H18NO. The molecule has 2 aromatic rings. The van der Waals surface area contributed by atoms with Crippen LogP contribution in [0.5, 0.6) is 0 Å². The van der Waals surface area contributed by atoms with Crippen molar-refractivity contribution in [2.45, 2.75) is 26.9 Å². The molecule has 1 radical (unpaired) electrons. The minimum atomic E-state index is 0.474. The van der Waals surface area contributed by atoms with Crippen molar-refractivity contribution >= 4 is 6.21 Å². The summed E-state index contributed by atoms with van der Waals surface area (Å²) in [5, 5.41) is 3.89. The van der Waals surface area contributed by atoms with Crippen molar-refractivity contribution in [1.29, 1.82) is 0 Å². The molecule has 0 bridgehead atoms. The quantitative estimate of drug-likeness (QED) is 0.582. The van der Waals surface area contributed by atoms with Crippen LogP contribution < -0.4 is 0 Å². The number of aryl methyl sites for hydroxylation is 2. The molecule has 0 aliphatic heterocycles. The SMILES string of the molecule is CCc1cccc(/[C]=N\OCc2cccc(C)c2)c1. The predicted octanol–water partition coefficient (Wildman–Crippen LogP) is 3.99. The molecule has 2 rings (SSSR count). The summed E-state index contributed by atoms with van der Waals surface area (Å²) in [5.41, 5.74) is 4.57. The summed E-state index contributed by atoms with van der Waals surface area (Å²) < 4.78 is 0. The maximum Gasteiger partial charge on any atom is 0.142 e. The number of hydrogen-bond acceptors (Lipinski definition) is 2. The Morgan fingerprint density at radius 2 is 1.84 bits per heavy atom. The Labute approximate surface area is 114 Å². The molecule has 0 atom stereocenters. The van der Waals surface area contributed by atoms with Gasteiger partial charge in [-0.1, -0.05) is 60.1 Å². The maximum absolute atomic E-state index is 5.27. The van der Waals surface area contributed by atoms with E-state index in [1.807, 2.05) is 24.3 Å². The monoisotopic (exact) mass is 252 g/mol. The standard InChI is InChI=1S/C17H18NO/c1-3-15-7-5-8-16(11-15)12-18-19-13-17-9-4-6-14(2)10-17/h4-11H,3,13H2,1-2H3. The fraction of sp³-hybridized carbons (Fsp3) is 0.235. The van der Waals surface area contributed by atoms with Crippen LogP contribution in [0.15, 0.2) is 53.7 Å². The van der Waals surface area contributed by atoms with E-state index in [9.17, 15) is 0 Å². The summed E-state index contributed by atoms with van der Waals surface area (Å²) in [6, 6.07) is 16.4. The summed E-state index contributed by atoms with van der Waals surface area (Å²) >= 11 is 0. The van der Waals surface area contributed by atoms with Gasteiger partial charge in [0.2, 0.25) is 0 Å². The van der Waals surface area contributed by atoms with E-state index in [-0.39, 0.29) is 0 Å². The highest BCUT2D eigenvalue weighted by Gasteiger charge is 1.94. The minimum Gasteiger partial charge on any atom is -0.390 e. The molecule has 0 N–H and O–H groups in total. The summed E-state index contributed by atoms with van der Waals surface area (Å²) in [7, 11) is 0. The lowest BCUT2D eigenvalue weighted by atomic mass is 10.1. The lowest BCUT2D eigenvalue weighted by Crippen LogP contribution is -1.89. The van der Waals surface area contributed by atoms with Crippen molar-refractivity contribution in [3.05, 3.63) is 70.8 Å². The Kier molecular flexibility index (Phi) is 4.73. The number of benzene rings is 2. The fourth-order valence-corrected chi connectivity index (χ4v) is 1.85. The van der Waals surface area contributed by atoms with Gasteiger partial charge in [-0.2, -0.15) is 0 Å². The summed E-state index contributed by atoms with van der Waals surface area (Å²) in [6.45, 7) is 4.67. The van der Waals surface area contributed by atoms with Gasteiger partial charge in [-0.3, -0.25) is 0 Å². The predicted molar refractivity (Wildman–Crippen MR) is 78.3 cm³/mol. The van der Waals surface area contributed by atoms with Crippen LogP contribution in [0.3, 0.4) is 0 Å². The maximum atomic E-state index is 5.27. The largest absolute Gasteiger partial charge is 0.390 e. The van der Waals surface area contributed by atoms with Crippen molar-refractivity contribution in [2.24, 2.45) is 5.16 Å². The third kappa shape index (κ3) is 4.25. The van der Waals surface area contributed by atoms with Crippen LogP contribution >= 0.6 is 0 Å². The van der Waals surface area contributed by atoms with E-state index in [4.69, 9.17) is 4.84 Å². The van der Waals surface area contributed by atoms with Gasteiger partial charge in [0.1, 0.15) is 12.8 Å².